The highest BCUT2D eigenvalue weighted by Crippen LogP contribution is 1.97. The number of nitrogens with one attached hydrogen (secondary N) is 2. The molecule has 0 spiro atoms. The zero-order valence-corrected chi connectivity index (χ0v) is 8.86. The fourth-order valence-electron chi connectivity index (χ4n) is 0.991. The molecule has 0 bridgehead atoms. The van der Waals surface area contributed by atoms with E-state index < -0.39 is 12.0 Å². The van der Waals surface area contributed by atoms with Crippen molar-refractivity contribution in [3.8, 4) is 0 Å². The standard InChI is InChI=1S/C9H18N4O2/c1-3-12-9(11)13(2)6-4-5-7(10)8(14)15/h3,7H,1,4-6,10H2,2H3,(H2,11,12)(H,14,15). The maximum Gasteiger partial charge on any atom is 0.320 e. The normalized spacial score (nSPS) is 11.6. The average Bonchev–Trinajstić information content (AvgIpc) is 2.17. The maximum absolute atomic E-state index is 10.4. The largest absolute Gasteiger partial charge is 0.480 e. The average molecular weight is 214 g/mol. The molecule has 0 aromatic carbocycles. The van der Waals surface area contributed by atoms with Crippen LogP contribution in [-0.4, -0.2) is 41.6 Å². The van der Waals surface area contributed by atoms with Crippen LogP contribution in [0.4, 0.5) is 0 Å². The Kier molecular flexibility index (Phi) is 6.12. The number of hydrogen-bond donors (Lipinski definition) is 4. The molecule has 0 saturated carbocycles. The Balaban J connectivity index is 3.71. The van der Waals surface area contributed by atoms with Gasteiger partial charge in [-0.15, -0.1) is 0 Å². The second-order valence-electron chi connectivity index (χ2n) is 3.21. The number of nitrogens with zero attached hydrogens (tertiary/aromatic N) is 1. The third-order valence-corrected chi connectivity index (χ3v) is 1.95. The van der Waals surface area contributed by atoms with E-state index in [9.17, 15) is 4.79 Å². The summed E-state index contributed by atoms with van der Waals surface area (Å²) in [5, 5.41) is 18.6. The van der Waals surface area contributed by atoms with Gasteiger partial charge in [-0.05, 0) is 19.0 Å². The third kappa shape index (κ3) is 5.69. The van der Waals surface area contributed by atoms with E-state index >= 15 is 0 Å². The van der Waals surface area contributed by atoms with Crippen LogP contribution in [0.25, 0.3) is 0 Å². The molecule has 5 N–H and O–H groups in total. The van der Waals surface area contributed by atoms with Crippen molar-refractivity contribution in [3.63, 3.8) is 0 Å². The Morgan fingerprint density at radius 3 is 2.87 bits per heavy atom. The summed E-state index contributed by atoms with van der Waals surface area (Å²) in [4.78, 5) is 12.1. The molecule has 0 aliphatic rings. The summed E-state index contributed by atoms with van der Waals surface area (Å²) in [6.45, 7) is 4.02. The number of hydrogen-bond acceptors (Lipinski definition) is 3. The molecule has 6 nitrogen and oxygen atoms in total. The molecular weight excluding hydrogens is 196 g/mol. The second kappa shape index (κ2) is 6.83. The first-order chi connectivity index (χ1) is 6.99. The molecule has 1 atom stereocenters. The summed E-state index contributed by atoms with van der Waals surface area (Å²) < 4.78 is 0. The molecular formula is C9H18N4O2. The molecule has 0 radical (unpaired) electrons. The fraction of sp³-hybridized carbons (Fsp3) is 0.556. The lowest BCUT2D eigenvalue weighted by molar-refractivity contribution is -0.138. The smallest absolute Gasteiger partial charge is 0.320 e. The number of nitrogens with two attached hydrogens (primary N) is 1. The van der Waals surface area contributed by atoms with Crippen LogP contribution in [0.2, 0.25) is 0 Å². The number of carboxylic acid groups (broad SMARTS) is 1. The van der Waals surface area contributed by atoms with Gasteiger partial charge in [-0.2, -0.15) is 0 Å². The topological polar surface area (TPSA) is 102 Å². The van der Waals surface area contributed by atoms with E-state index in [-0.39, 0.29) is 5.96 Å². The number of rotatable bonds is 6. The van der Waals surface area contributed by atoms with Gasteiger partial charge in [0.15, 0.2) is 5.96 Å². The van der Waals surface area contributed by atoms with Gasteiger partial charge in [0.05, 0.1) is 0 Å². The second-order valence-corrected chi connectivity index (χ2v) is 3.21. The van der Waals surface area contributed by atoms with Crippen LogP contribution >= 0.6 is 0 Å². The molecule has 0 aromatic rings. The molecule has 0 aromatic heterocycles. The summed E-state index contributed by atoms with van der Waals surface area (Å²) >= 11 is 0. The van der Waals surface area contributed by atoms with Crippen molar-refractivity contribution in [2.24, 2.45) is 5.73 Å². The Hall–Kier alpha value is -1.56. The highest BCUT2D eigenvalue weighted by atomic mass is 16.4. The van der Waals surface area contributed by atoms with Crippen molar-refractivity contribution in [2.45, 2.75) is 18.9 Å². The van der Waals surface area contributed by atoms with Crippen LogP contribution in [0.15, 0.2) is 12.8 Å². The Morgan fingerprint density at radius 1 is 1.80 bits per heavy atom. The van der Waals surface area contributed by atoms with Crippen molar-refractivity contribution >= 4 is 11.9 Å². The number of guanidine groups is 1. The van der Waals surface area contributed by atoms with Crippen molar-refractivity contribution in [1.82, 2.24) is 10.2 Å². The molecule has 86 valence electrons. The third-order valence-electron chi connectivity index (χ3n) is 1.95. The first kappa shape index (κ1) is 13.4. The minimum absolute atomic E-state index is 0.230. The minimum Gasteiger partial charge on any atom is -0.480 e. The van der Waals surface area contributed by atoms with Gasteiger partial charge in [0.2, 0.25) is 0 Å². The number of carbonyl (C=O) groups is 1. The van der Waals surface area contributed by atoms with Crippen LogP contribution in [0.5, 0.6) is 0 Å². The predicted octanol–water partition coefficient (Wildman–Crippen LogP) is -0.222. The van der Waals surface area contributed by atoms with Crippen molar-refractivity contribution in [2.75, 3.05) is 13.6 Å². The first-order valence-corrected chi connectivity index (χ1v) is 4.64. The zero-order valence-electron chi connectivity index (χ0n) is 8.86. The van der Waals surface area contributed by atoms with Gasteiger partial charge in [-0.3, -0.25) is 10.2 Å². The molecule has 0 saturated heterocycles. The van der Waals surface area contributed by atoms with Crippen LogP contribution in [-0.2, 0) is 4.79 Å². The van der Waals surface area contributed by atoms with Gasteiger partial charge < -0.3 is 21.1 Å². The Labute approximate surface area is 89.3 Å². The van der Waals surface area contributed by atoms with Crippen LogP contribution in [0.1, 0.15) is 12.8 Å². The van der Waals surface area contributed by atoms with E-state index in [1.54, 1.807) is 11.9 Å². The molecule has 0 aliphatic carbocycles. The fourth-order valence-corrected chi connectivity index (χ4v) is 0.991. The monoisotopic (exact) mass is 214 g/mol. The number of aliphatic carboxylic acids is 1. The van der Waals surface area contributed by atoms with Gasteiger partial charge >= 0.3 is 5.97 Å². The van der Waals surface area contributed by atoms with Crippen molar-refractivity contribution in [1.29, 1.82) is 5.41 Å². The number of carboxylic acids is 1. The molecule has 15 heavy (non-hydrogen) atoms. The van der Waals surface area contributed by atoms with Gasteiger partial charge in [-0.1, -0.05) is 6.58 Å². The van der Waals surface area contributed by atoms with Crippen LogP contribution in [0, 0.1) is 5.41 Å². The van der Waals surface area contributed by atoms with Crippen LogP contribution in [0.3, 0.4) is 0 Å². The highest BCUT2D eigenvalue weighted by Gasteiger charge is 2.11. The molecule has 6 heteroatoms. The quantitative estimate of drug-likeness (QED) is 0.361. The highest BCUT2D eigenvalue weighted by molar-refractivity contribution is 5.77. The van der Waals surface area contributed by atoms with E-state index in [1.807, 2.05) is 0 Å². The van der Waals surface area contributed by atoms with E-state index in [1.165, 1.54) is 6.20 Å². The minimum atomic E-state index is -0.989. The van der Waals surface area contributed by atoms with E-state index in [4.69, 9.17) is 16.2 Å². The summed E-state index contributed by atoms with van der Waals surface area (Å²) in [5.74, 6) is -0.758. The summed E-state index contributed by atoms with van der Waals surface area (Å²) in [7, 11) is 1.74. The molecule has 0 aliphatic heterocycles. The summed E-state index contributed by atoms with van der Waals surface area (Å²) in [6.07, 6.45) is 2.45. The van der Waals surface area contributed by atoms with E-state index in [0.29, 0.717) is 19.4 Å². The lowest BCUT2D eigenvalue weighted by Crippen LogP contribution is -2.37. The van der Waals surface area contributed by atoms with Crippen molar-refractivity contribution in [3.05, 3.63) is 12.8 Å². The van der Waals surface area contributed by atoms with Crippen molar-refractivity contribution < 1.29 is 9.90 Å². The SMILES string of the molecule is C=CNC(=N)N(C)CCCC(N)C(=O)O. The van der Waals surface area contributed by atoms with Gasteiger partial charge in [0, 0.05) is 13.6 Å². The molecule has 0 rings (SSSR count). The zero-order chi connectivity index (χ0) is 11.8. The van der Waals surface area contributed by atoms with Gasteiger partial charge in [-0.25, -0.2) is 0 Å². The van der Waals surface area contributed by atoms with E-state index in [2.05, 4.69) is 11.9 Å². The van der Waals surface area contributed by atoms with Crippen LogP contribution < -0.4 is 11.1 Å². The Morgan fingerprint density at radius 2 is 2.40 bits per heavy atom. The van der Waals surface area contributed by atoms with Gasteiger partial charge in [0.25, 0.3) is 0 Å². The summed E-state index contributed by atoms with van der Waals surface area (Å²) in [6, 6.07) is -0.819. The molecule has 0 fully saturated rings. The van der Waals surface area contributed by atoms with E-state index in [0.717, 1.165) is 0 Å². The molecule has 0 amide bonds. The lowest BCUT2D eigenvalue weighted by atomic mass is 10.1. The summed E-state index contributed by atoms with van der Waals surface area (Å²) in [5.41, 5.74) is 5.33. The lowest BCUT2D eigenvalue weighted by Gasteiger charge is -2.19. The van der Waals surface area contributed by atoms with Gasteiger partial charge in [0.1, 0.15) is 6.04 Å². The molecule has 1 unspecified atom stereocenters. The Bertz CT molecular complexity index is 242. The predicted molar refractivity (Wildman–Crippen MR) is 58.5 cm³/mol. The first-order valence-electron chi connectivity index (χ1n) is 4.64. The molecule has 0 heterocycles. The maximum atomic E-state index is 10.4.